The SMILES string of the molecule is CCOC(=O)NC1(c2cccc3ccccc23)CC1. The molecule has 1 N–H and O–H groups in total. The first kappa shape index (κ1) is 12.0. The highest BCUT2D eigenvalue weighted by atomic mass is 16.5. The predicted octanol–water partition coefficient (Wildman–Crippen LogP) is 3.58. The zero-order valence-electron chi connectivity index (χ0n) is 11.0. The van der Waals surface area contributed by atoms with E-state index in [1.54, 1.807) is 0 Å². The molecule has 1 amide bonds. The van der Waals surface area contributed by atoms with Gasteiger partial charge in [-0.2, -0.15) is 0 Å². The van der Waals surface area contributed by atoms with Crippen molar-refractivity contribution >= 4 is 16.9 Å². The Hall–Kier alpha value is -2.03. The van der Waals surface area contributed by atoms with Crippen molar-refractivity contribution in [3.05, 3.63) is 48.0 Å². The number of fused-ring (bicyclic) bond motifs is 1. The first-order valence-corrected chi connectivity index (χ1v) is 6.68. The number of alkyl carbamates (subject to hydrolysis) is 1. The summed E-state index contributed by atoms with van der Waals surface area (Å²) in [5.74, 6) is 0. The van der Waals surface area contributed by atoms with Crippen molar-refractivity contribution in [1.82, 2.24) is 5.32 Å². The van der Waals surface area contributed by atoms with E-state index < -0.39 is 0 Å². The summed E-state index contributed by atoms with van der Waals surface area (Å²) in [4.78, 5) is 11.7. The topological polar surface area (TPSA) is 38.3 Å². The third-order valence-corrected chi connectivity index (χ3v) is 3.67. The average Bonchev–Trinajstić information content (AvgIpc) is 3.19. The smallest absolute Gasteiger partial charge is 0.407 e. The van der Waals surface area contributed by atoms with Crippen LogP contribution < -0.4 is 5.32 Å². The molecule has 0 bridgehead atoms. The fourth-order valence-electron chi connectivity index (χ4n) is 2.59. The van der Waals surface area contributed by atoms with Gasteiger partial charge in [0.15, 0.2) is 0 Å². The van der Waals surface area contributed by atoms with Crippen LogP contribution in [0.2, 0.25) is 0 Å². The number of hydrogen-bond donors (Lipinski definition) is 1. The van der Waals surface area contributed by atoms with Gasteiger partial charge in [0.2, 0.25) is 0 Å². The Labute approximate surface area is 112 Å². The number of amides is 1. The quantitative estimate of drug-likeness (QED) is 0.910. The number of rotatable bonds is 3. The maximum Gasteiger partial charge on any atom is 0.407 e. The van der Waals surface area contributed by atoms with Crippen molar-refractivity contribution in [2.24, 2.45) is 0 Å². The molecule has 0 aromatic heterocycles. The maximum atomic E-state index is 11.7. The van der Waals surface area contributed by atoms with Crippen molar-refractivity contribution in [2.75, 3.05) is 6.61 Å². The Kier molecular flexibility index (Phi) is 2.90. The van der Waals surface area contributed by atoms with Crippen LogP contribution >= 0.6 is 0 Å². The van der Waals surface area contributed by atoms with Crippen LogP contribution in [-0.4, -0.2) is 12.7 Å². The molecule has 0 saturated heterocycles. The zero-order chi connectivity index (χ0) is 13.3. The summed E-state index contributed by atoms with van der Waals surface area (Å²) in [6.45, 7) is 2.22. The summed E-state index contributed by atoms with van der Waals surface area (Å²) in [6, 6.07) is 14.5. The monoisotopic (exact) mass is 255 g/mol. The third kappa shape index (κ3) is 2.16. The van der Waals surface area contributed by atoms with E-state index in [9.17, 15) is 4.79 Å². The molecule has 0 unspecified atom stereocenters. The van der Waals surface area contributed by atoms with Crippen molar-refractivity contribution < 1.29 is 9.53 Å². The molecule has 3 nitrogen and oxygen atoms in total. The lowest BCUT2D eigenvalue weighted by Crippen LogP contribution is -2.35. The lowest BCUT2D eigenvalue weighted by molar-refractivity contribution is 0.146. The fraction of sp³-hybridized carbons (Fsp3) is 0.312. The second kappa shape index (κ2) is 4.57. The van der Waals surface area contributed by atoms with Gasteiger partial charge in [-0.25, -0.2) is 4.79 Å². The van der Waals surface area contributed by atoms with Crippen molar-refractivity contribution in [1.29, 1.82) is 0 Å². The zero-order valence-corrected chi connectivity index (χ0v) is 11.0. The average molecular weight is 255 g/mol. The second-order valence-corrected chi connectivity index (χ2v) is 4.95. The highest BCUT2D eigenvalue weighted by Gasteiger charge is 2.46. The van der Waals surface area contributed by atoms with Crippen molar-refractivity contribution in [3.8, 4) is 0 Å². The first-order chi connectivity index (χ1) is 9.25. The van der Waals surface area contributed by atoms with Gasteiger partial charge in [0.1, 0.15) is 0 Å². The lowest BCUT2D eigenvalue weighted by atomic mass is 9.97. The number of carbonyl (C=O) groups excluding carboxylic acids is 1. The second-order valence-electron chi connectivity index (χ2n) is 4.95. The Bertz CT molecular complexity index is 612. The first-order valence-electron chi connectivity index (χ1n) is 6.68. The van der Waals surface area contributed by atoms with Gasteiger partial charge >= 0.3 is 6.09 Å². The molecule has 2 aromatic carbocycles. The van der Waals surface area contributed by atoms with Gasteiger partial charge in [0.25, 0.3) is 0 Å². The molecule has 1 fully saturated rings. The summed E-state index contributed by atoms with van der Waals surface area (Å²) in [5, 5.41) is 5.43. The molecule has 2 aromatic rings. The number of nitrogens with one attached hydrogen (secondary N) is 1. The van der Waals surface area contributed by atoms with Crippen LogP contribution in [0.15, 0.2) is 42.5 Å². The fourth-order valence-corrected chi connectivity index (χ4v) is 2.59. The summed E-state index contributed by atoms with van der Waals surface area (Å²) in [7, 11) is 0. The molecule has 0 spiro atoms. The molecule has 1 aliphatic carbocycles. The molecule has 0 atom stereocenters. The Morgan fingerprint density at radius 3 is 2.68 bits per heavy atom. The van der Waals surface area contributed by atoms with E-state index in [4.69, 9.17) is 4.74 Å². The van der Waals surface area contributed by atoms with Crippen LogP contribution in [0.25, 0.3) is 10.8 Å². The van der Waals surface area contributed by atoms with Gasteiger partial charge in [-0.15, -0.1) is 0 Å². The molecule has 3 heteroatoms. The van der Waals surface area contributed by atoms with E-state index in [-0.39, 0.29) is 11.6 Å². The van der Waals surface area contributed by atoms with Crippen LogP contribution in [0.1, 0.15) is 25.3 Å². The Balaban J connectivity index is 1.98. The van der Waals surface area contributed by atoms with E-state index in [0.29, 0.717) is 6.61 Å². The number of carbonyl (C=O) groups is 1. The van der Waals surface area contributed by atoms with Crippen LogP contribution in [0, 0.1) is 0 Å². The molecule has 3 rings (SSSR count). The van der Waals surface area contributed by atoms with Crippen LogP contribution in [0.5, 0.6) is 0 Å². The van der Waals surface area contributed by atoms with E-state index >= 15 is 0 Å². The van der Waals surface area contributed by atoms with Crippen molar-refractivity contribution in [2.45, 2.75) is 25.3 Å². The minimum absolute atomic E-state index is 0.229. The minimum atomic E-state index is -0.326. The molecular formula is C16H17NO2. The molecule has 1 saturated carbocycles. The number of ether oxygens (including phenoxy) is 1. The highest BCUT2D eigenvalue weighted by molar-refractivity contribution is 5.87. The van der Waals surface area contributed by atoms with Gasteiger partial charge in [0, 0.05) is 0 Å². The molecule has 98 valence electrons. The van der Waals surface area contributed by atoms with Gasteiger partial charge in [-0.3, -0.25) is 0 Å². The maximum absolute atomic E-state index is 11.7. The van der Waals surface area contributed by atoms with E-state index in [2.05, 4.69) is 29.6 Å². The molecular weight excluding hydrogens is 238 g/mol. The van der Waals surface area contributed by atoms with Gasteiger partial charge in [-0.05, 0) is 36.1 Å². The van der Waals surface area contributed by atoms with Gasteiger partial charge < -0.3 is 10.1 Å². The molecule has 0 aliphatic heterocycles. The number of benzene rings is 2. The van der Waals surface area contributed by atoms with Gasteiger partial charge in [0.05, 0.1) is 12.1 Å². The third-order valence-electron chi connectivity index (χ3n) is 3.67. The lowest BCUT2D eigenvalue weighted by Gasteiger charge is -2.19. The standard InChI is InChI=1S/C16H17NO2/c1-2-19-15(18)17-16(10-11-16)14-9-5-7-12-6-3-4-8-13(12)14/h3-9H,2,10-11H2,1H3,(H,17,18). The van der Waals surface area contributed by atoms with Crippen molar-refractivity contribution in [3.63, 3.8) is 0 Å². The van der Waals surface area contributed by atoms with E-state index in [0.717, 1.165) is 12.8 Å². The molecule has 1 aliphatic rings. The highest BCUT2D eigenvalue weighted by Crippen LogP contribution is 2.47. The Morgan fingerprint density at radius 2 is 1.95 bits per heavy atom. The summed E-state index contributed by atoms with van der Waals surface area (Å²) in [6.07, 6.45) is 1.62. The summed E-state index contributed by atoms with van der Waals surface area (Å²) in [5.41, 5.74) is 0.964. The van der Waals surface area contributed by atoms with Crippen LogP contribution in [-0.2, 0) is 10.3 Å². The minimum Gasteiger partial charge on any atom is -0.450 e. The summed E-state index contributed by atoms with van der Waals surface area (Å²) >= 11 is 0. The van der Waals surface area contributed by atoms with Crippen LogP contribution in [0.3, 0.4) is 0 Å². The number of hydrogen-bond acceptors (Lipinski definition) is 2. The largest absolute Gasteiger partial charge is 0.450 e. The molecule has 0 radical (unpaired) electrons. The predicted molar refractivity (Wildman–Crippen MR) is 75.0 cm³/mol. The molecule has 19 heavy (non-hydrogen) atoms. The Morgan fingerprint density at radius 1 is 1.21 bits per heavy atom. The normalized spacial score (nSPS) is 16.1. The summed E-state index contributed by atoms with van der Waals surface area (Å²) < 4.78 is 5.00. The molecule has 0 heterocycles. The van der Waals surface area contributed by atoms with Crippen LogP contribution in [0.4, 0.5) is 4.79 Å². The van der Waals surface area contributed by atoms with Gasteiger partial charge in [-0.1, -0.05) is 42.5 Å². The van der Waals surface area contributed by atoms with E-state index in [1.165, 1.54) is 16.3 Å². The van der Waals surface area contributed by atoms with E-state index in [1.807, 2.05) is 25.1 Å².